The highest BCUT2D eigenvalue weighted by Gasteiger charge is 2.55. The second-order valence-electron chi connectivity index (χ2n) is 8.87. The van der Waals surface area contributed by atoms with E-state index in [9.17, 15) is 14.4 Å². The van der Waals surface area contributed by atoms with Crippen LogP contribution in [0.3, 0.4) is 0 Å². The lowest BCUT2D eigenvalue weighted by Gasteiger charge is -2.55. The second-order valence-corrected chi connectivity index (χ2v) is 8.87. The van der Waals surface area contributed by atoms with E-state index in [1.165, 1.54) is 26.2 Å². The number of rotatable bonds is 6. The van der Waals surface area contributed by atoms with Gasteiger partial charge in [0, 0.05) is 5.41 Å². The van der Waals surface area contributed by atoms with Crippen molar-refractivity contribution in [3.63, 3.8) is 0 Å². The zero-order valence-corrected chi connectivity index (χ0v) is 15.4. The molecule has 0 unspecified atom stereocenters. The van der Waals surface area contributed by atoms with Gasteiger partial charge in [-0.05, 0) is 69.1 Å². The van der Waals surface area contributed by atoms with E-state index in [0.29, 0.717) is 17.8 Å². The molecule has 4 saturated carbocycles. The topological polar surface area (TPSA) is 98.5 Å². The van der Waals surface area contributed by atoms with Gasteiger partial charge in [-0.1, -0.05) is 13.8 Å². The molecule has 0 aromatic carbocycles. The molecular weight excluding hydrogens is 320 g/mol. The van der Waals surface area contributed by atoms with E-state index < -0.39 is 24.0 Å². The molecule has 140 valence electrons. The molecule has 0 radical (unpaired) electrons. The maximum Gasteiger partial charge on any atom is 0.329 e. The molecule has 4 rings (SSSR count). The van der Waals surface area contributed by atoms with Crippen molar-refractivity contribution in [2.45, 2.75) is 71.4 Å². The number of amides is 2. The van der Waals surface area contributed by atoms with Crippen molar-refractivity contribution in [1.29, 1.82) is 0 Å². The van der Waals surface area contributed by atoms with Crippen LogP contribution < -0.4 is 11.1 Å². The van der Waals surface area contributed by atoms with Crippen molar-refractivity contribution in [1.82, 2.24) is 5.32 Å². The van der Waals surface area contributed by atoms with Crippen LogP contribution in [0.15, 0.2) is 0 Å². The van der Waals surface area contributed by atoms with Crippen LogP contribution in [0.1, 0.15) is 59.3 Å². The maximum absolute atomic E-state index is 13.1. The Morgan fingerprint density at radius 1 is 1.00 bits per heavy atom. The van der Waals surface area contributed by atoms with Gasteiger partial charge in [0.15, 0.2) is 6.10 Å². The first-order chi connectivity index (χ1) is 11.7. The summed E-state index contributed by atoms with van der Waals surface area (Å²) in [5.41, 5.74) is 4.85. The van der Waals surface area contributed by atoms with Crippen molar-refractivity contribution in [2.24, 2.45) is 34.8 Å². The first-order valence-corrected chi connectivity index (χ1v) is 9.51. The molecule has 2 amide bonds. The lowest BCUT2D eigenvalue weighted by molar-refractivity contribution is -0.160. The summed E-state index contributed by atoms with van der Waals surface area (Å²) in [4.78, 5) is 36.7. The second kappa shape index (κ2) is 6.61. The first kappa shape index (κ1) is 18.2. The molecule has 0 spiro atoms. The van der Waals surface area contributed by atoms with Crippen LogP contribution in [0.2, 0.25) is 0 Å². The van der Waals surface area contributed by atoms with Crippen molar-refractivity contribution in [3.8, 4) is 0 Å². The fraction of sp³-hybridized carbons (Fsp3) is 0.842. The maximum atomic E-state index is 13.1. The van der Waals surface area contributed by atoms with Gasteiger partial charge in [-0.15, -0.1) is 0 Å². The molecule has 0 aromatic heterocycles. The number of nitrogens with two attached hydrogens (primary N) is 1. The Balaban J connectivity index is 1.69. The molecule has 4 bridgehead atoms. The summed E-state index contributed by atoms with van der Waals surface area (Å²) in [6.07, 6.45) is 5.63. The molecule has 6 heteroatoms. The van der Waals surface area contributed by atoms with E-state index in [1.54, 1.807) is 0 Å². The molecule has 0 heterocycles. The normalized spacial score (nSPS) is 35.3. The summed E-state index contributed by atoms with van der Waals surface area (Å²) < 4.78 is 5.13. The molecule has 0 saturated heterocycles. The summed E-state index contributed by atoms with van der Waals surface area (Å²) in [7, 11) is 0. The smallest absolute Gasteiger partial charge is 0.329 e. The van der Waals surface area contributed by atoms with E-state index in [4.69, 9.17) is 10.5 Å². The Morgan fingerprint density at radius 3 is 1.88 bits per heavy atom. The molecule has 2 atom stereocenters. The van der Waals surface area contributed by atoms with Crippen LogP contribution in [0, 0.1) is 29.1 Å². The quantitative estimate of drug-likeness (QED) is 0.713. The molecule has 4 aliphatic carbocycles. The van der Waals surface area contributed by atoms with Crippen molar-refractivity contribution < 1.29 is 19.1 Å². The van der Waals surface area contributed by atoms with Crippen LogP contribution in [0.25, 0.3) is 0 Å². The SMILES string of the molecule is CC(C)[C@@H](NC(=O)C12CC3CC(CC(C3)C1)C2)C(=O)O[C@H](C)C(N)=O. The van der Waals surface area contributed by atoms with Gasteiger partial charge in [0.1, 0.15) is 6.04 Å². The standard InChI is InChI=1S/C19H30N2O4/c1-10(2)15(17(23)25-11(3)16(20)22)21-18(24)19-7-12-4-13(8-19)6-14(5-12)9-19/h10-15H,4-9H2,1-3H3,(H2,20,22)(H,21,24)/t11-,12?,13?,14?,15-,19?/m1/s1. The van der Waals surface area contributed by atoms with E-state index in [1.807, 2.05) is 13.8 Å². The average Bonchev–Trinajstić information content (AvgIpc) is 2.50. The molecule has 3 N–H and O–H groups in total. The van der Waals surface area contributed by atoms with E-state index in [2.05, 4.69) is 5.32 Å². The van der Waals surface area contributed by atoms with E-state index >= 15 is 0 Å². The van der Waals surface area contributed by atoms with Gasteiger partial charge in [-0.2, -0.15) is 0 Å². The van der Waals surface area contributed by atoms with Gasteiger partial charge in [-0.25, -0.2) is 4.79 Å². The fourth-order valence-electron chi connectivity index (χ4n) is 5.49. The number of esters is 1. The van der Waals surface area contributed by atoms with Gasteiger partial charge in [0.2, 0.25) is 5.91 Å². The van der Waals surface area contributed by atoms with Crippen LogP contribution in [-0.4, -0.2) is 29.9 Å². The Labute approximate surface area is 149 Å². The Hall–Kier alpha value is -1.59. The molecule has 25 heavy (non-hydrogen) atoms. The summed E-state index contributed by atoms with van der Waals surface area (Å²) >= 11 is 0. The van der Waals surface area contributed by atoms with Gasteiger partial charge in [0.25, 0.3) is 5.91 Å². The number of carbonyl (C=O) groups excluding carboxylic acids is 3. The summed E-state index contributed by atoms with van der Waals surface area (Å²) in [6, 6.07) is -0.748. The van der Waals surface area contributed by atoms with Gasteiger partial charge in [0.05, 0.1) is 0 Å². The number of hydrogen-bond donors (Lipinski definition) is 2. The number of ether oxygens (including phenoxy) is 1. The van der Waals surface area contributed by atoms with Crippen molar-refractivity contribution in [3.05, 3.63) is 0 Å². The fourth-order valence-corrected chi connectivity index (χ4v) is 5.49. The molecular formula is C19H30N2O4. The zero-order valence-electron chi connectivity index (χ0n) is 15.4. The molecule has 4 fully saturated rings. The highest BCUT2D eigenvalue weighted by Crippen LogP contribution is 2.60. The van der Waals surface area contributed by atoms with Gasteiger partial charge >= 0.3 is 5.97 Å². The van der Waals surface area contributed by atoms with Crippen molar-refractivity contribution >= 4 is 17.8 Å². The third-order valence-electron chi connectivity index (χ3n) is 6.42. The lowest BCUT2D eigenvalue weighted by atomic mass is 9.49. The van der Waals surface area contributed by atoms with E-state index in [-0.39, 0.29) is 17.2 Å². The number of hydrogen-bond acceptors (Lipinski definition) is 4. The third kappa shape index (κ3) is 3.53. The molecule has 6 nitrogen and oxygen atoms in total. The monoisotopic (exact) mass is 350 g/mol. The van der Waals surface area contributed by atoms with Crippen LogP contribution >= 0.6 is 0 Å². The number of nitrogens with one attached hydrogen (secondary N) is 1. The van der Waals surface area contributed by atoms with Crippen LogP contribution in [0.4, 0.5) is 0 Å². The predicted molar refractivity (Wildman–Crippen MR) is 92.1 cm³/mol. The molecule has 0 aromatic rings. The zero-order chi connectivity index (χ0) is 18.4. The Morgan fingerprint density at radius 2 is 1.48 bits per heavy atom. The molecule has 4 aliphatic rings. The minimum absolute atomic E-state index is 0.00558. The minimum atomic E-state index is -0.995. The number of primary amides is 1. The van der Waals surface area contributed by atoms with E-state index in [0.717, 1.165) is 19.3 Å². The average molecular weight is 350 g/mol. The Kier molecular flexibility index (Phi) is 4.82. The summed E-state index contributed by atoms with van der Waals surface area (Å²) in [5, 5.41) is 2.95. The van der Waals surface area contributed by atoms with Crippen LogP contribution in [-0.2, 0) is 19.1 Å². The Bertz CT molecular complexity index is 536. The lowest BCUT2D eigenvalue weighted by Crippen LogP contribution is -2.57. The summed E-state index contributed by atoms with van der Waals surface area (Å²) in [5.74, 6) is 0.589. The first-order valence-electron chi connectivity index (χ1n) is 9.51. The third-order valence-corrected chi connectivity index (χ3v) is 6.42. The van der Waals surface area contributed by atoms with Gasteiger partial charge in [-0.3, -0.25) is 9.59 Å². The number of carbonyl (C=O) groups is 3. The highest BCUT2D eigenvalue weighted by molar-refractivity contribution is 5.89. The highest BCUT2D eigenvalue weighted by atomic mass is 16.5. The predicted octanol–water partition coefficient (Wildman–Crippen LogP) is 1.76. The molecule has 0 aliphatic heterocycles. The van der Waals surface area contributed by atoms with Gasteiger partial charge < -0.3 is 15.8 Å². The minimum Gasteiger partial charge on any atom is -0.451 e. The van der Waals surface area contributed by atoms with Crippen LogP contribution in [0.5, 0.6) is 0 Å². The summed E-state index contributed by atoms with van der Waals surface area (Å²) in [6.45, 7) is 5.17. The van der Waals surface area contributed by atoms with Crippen molar-refractivity contribution in [2.75, 3.05) is 0 Å². The largest absolute Gasteiger partial charge is 0.451 e.